The molecule has 0 aliphatic rings. The molecule has 2 N–H and O–H groups in total. The van der Waals surface area contributed by atoms with Crippen molar-refractivity contribution >= 4 is 34.4 Å². The maximum Gasteiger partial charge on any atom is 0.408 e. The molecule has 2 unspecified atom stereocenters. The van der Waals surface area contributed by atoms with E-state index in [-0.39, 0.29) is 11.8 Å². The van der Waals surface area contributed by atoms with Crippen molar-refractivity contribution < 1.29 is 19.1 Å². The van der Waals surface area contributed by atoms with Crippen molar-refractivity contribution in [1.82, 2.24) is 10.2 Å². The number of rotatable bonds is 8. The monoisotopic (exact) mass is 517 g/mol. The number of alkyl carbamates (subject to hydrolysis) is 1. The van der Waals surface area contributed by atoms with Crippen molar-refractivity contribution in [2.45, 2.75) is 72.6 Å². The van der Waals surface area contributed by atoms with Crippen LogP contribution in [-0.4, -0.2) is 41.0 Å². The number of hydrogen-bond acceptors (Lipinski definition) is 4. The van der Waals surface area contributed by atoms with Crippen LogP contribution in [0, 0.1) is 13.8 Å². The highest BCUT2D eigenvalue weighted by Crippen LogP contribution is 2.30. The average Bonchev–Trinajstić information content (AvgIpc) is 2.83. The van der Waals surface area contributed by atoms with Crippen molar-refractivity contribution in [2.24, 2.45) is 0 Å². The van der Waals surface area contributed by atoms with Gasteiger partial charge in [-0.1, -0.05) is 55.5 Å². The first kappa shape index (κ1) is 28.7. The Morgan fingerprint density at radius 3 is 2.16 bits per heavy atom. The normalized spacial score (nSPS) is 12.9. The summed E-state index contributed by atoms with van der Waals surface area (Å²) in [5, 5.41) is 7.76. The first-order chi connectivity index (χ1) is 17.9. The number of benzene rings is 3. The molecule has 0 saturated heterocycles. The van der Waals surface area contributed by atoms with E-state index in [4.69, 9.17) is 4.74 Å². The van der Waals surface area contributed by atoms with E-state index in [1.807, 2.05) is 81.4 Å². The van der Waals surface area contributed by atoms with Crippen LogP contribution < -0.4 is 10.6 Å². The summed E-state index contributed by atoms with van der Waals surface area (Å²) >= 11 is 0. The van der Waals surface area contributed by atoms with Gasteiger partial charge in [-0.2, -0.15) is 0 Å². The molecule has 0 bridgehead atoms. The van der Waals surface area contributed by atoms with Gasteiger partial charge in [-0.05, 0) is 87.6 Å². The second-order valence-corrected chi connectivity index (χ2v) is 10.7. The molecule has 0 aromatic heterocycles. The molecule has 3 amide bonds. The van der Waals surface area contributed by atoms with Gasteiger partial charge in [0.1, 0.15) is 17.7 Å². The number of carbonyl (C=O) groups is 3. The van der Waals surface area contributed by atoms with E-state index in [1.165, 1.54) is 0 Å². The second kappa shape index (κ2) is 12.1. The zero-order valence-corrected chi connectivity index (χ0v) is 23.4. The Labute approximate surface area is 225 Å². The van der Waals surface area contributed by atoms with Gasteiger partial charge in [0.25, 0.3) is 5.91 Å². The van der Waals surface area contributed by atoms with Crippen LogP contribution in [-0.2, 0) is 14.3 Å². The maximum atomic E-state index is 14.0. The standard InChI is InChI=1S/C31H39N3O4/c1-8-18-34(29(36)22(4)32-30(37)38-31(5,6)7)27(26-20(2)12-11-13-21(26)3)28(35)33-25-17-16-23-14-9-10-15-24(23)19-25/h9-17,19,22,27H,8,18H2,1-7H3,(H,32,37)(H,33,35). The predicted octanol–water partition coefficient (Wildman–Crippen LogP) is 6.29. The third-order valence-electron chi connectivity index (χ3n) is 6.24. The molecule has 7 heteroatoms. The van der Waals surface area contributed by atoms with Crippen LogP contribution in [0.1, 0.15) is 63.8 Å². The van der Waals surface area contributed by atoms with Gasteiger partial charge in [0, 0.05) is 12.2 Å². The molecule has 202 valence electrons. The van der Waals surface area contributed by atoms with Crippen molar-refractivity contribution in [1.29, 1.82) is 0 Å². The van der Waals surface area contributed by atoms with Crippen LogP contribution in [0.25, 0.3) is 10.8 Å². The highest BCUT2D eigenvalue weighted by molar-refractivity contribution is 6.00. The number of fused-ring (bicyclic) bond motifs is 1. The van der Waals surface area contributed by atoms with Gasteiger partial charge in [0.05, 0.1) is 0 Å². The van der Waals surface area contributed by atoms with Gasteiger partial charge in [0.15, 0.2) is 0 Å². The van der Waals surface area contributed by atoms with E-state index in [9.17, 15) is 14.4 Å². The number of nitrogens with zero attached hydrogens (tertiary/aromatic N) is 1. The Hall–Kier alpha value is -3.87. The first-order valence-corrected chi connectivity index (χ1v) is 13.1. The number of amides is 3. The molecule has 3 aromatic carbocycles. The molecule has 38 heavy (non-hydrogen) atoms. The topological polar surface area (TPSA) is 87.7 Å². The zero-order valence-electron chi connectivity index (χ0n) is 23.4. The lowest BCUT2D eigenvalue weighted by atomic mass is 9.93. The van der Waals surface area contributed by atoms with E-state index in [0.717, 1.165) is 27.5 Å². The highest BCUT2D eigenvalue weighted by Gasteiger charge is 2.36. The van der Waals surface area contributed by atoms with E-state index >= 15 is 0 Å². The fourth-order valence-electron chi connectivity index (χ4n) is 4.57. The van der Waals surface area contributed by atoms with Gasteiger partial charge in [0.2, 0.25) is 5.91 Å². The summed E-state index contributed by atoms with van der Waals surface area (Å²) in [5.74, 6) is -0.678. The van der Waals surface area contributed by atoms with E-state index in [0.29, 0.717) is 18.7 Å². The quantitative estimate of drug-likeness (QED) is 0.368. The molecule has 7 nitrogen and oxygen atoms in total. The third-order valence-corrected chi connectivity index (χ3v) is 6.24. The molecular weight excluding hydrogens is 478 g/mol. The molecule has 0 fully saturated rings. The van der Waals surface area contributed by atoms with Crippen LogP contribution in [0.15, 0.2) is 60.7 Å². The van der Waals surface area contributed by atoms with Crippen molar-refractivity contribution in [3.8, 4) is 0 Å². The number of carbonyl (C=O) groups excluding carboxylic acids is 3. The van der Waals surface area contributed by atoms with Crippen LogP contribution >= 0.6 is 0 Å². The Balaban J connectivity index is 1.98. The van der Waals surface area contributed by atoms with E-state index in [1.54, 1.807) is 32.6 Å². The van der Waals surface area contributed by atoms with Gasteiger partial charge >= 0.3 is 6.09 Å². The lowest BCUT2D eigenvalue weighted by molar-refractivity contribution is -0.140. The summed E-state index contributed by atoms with van der Waals surface area (Å²) in [4.78, 5) is 41.7. The lowest BCUT2D eigenvalue weighted by Crippen LogP contribution is -2.51. The van der Waals surface area contributed by atoms with Crippen molar-refractivity contribution in [3.63, 3.8) is 0 Å². The van der Waals surface area contributed by atoms with Gasteiger partial charge < -0.3 is 20.3 Å². The minimum absolute atomic E-state index is 0.316. The fraction of sp³-hybridized carbons (Fsp3) is 0.387. The summed E-state index contributed by atoms with van der Waals surface area (Å²) in [6, 6.07) is 17.7. The average molecular weight is 518 g/mol. The Morgan fingerprint density at radius 1 is 0.921 bits per heavy atom. The van der Waals surface area contributed by atoms with Crippen molar-refractivity contribution in [3.05, 3.63) is 77.4 Å². The minimum atomic E-state index is -0.892. The molecule has 0 heterocycles. The number of aryl methyl sites for hydroxylation is 2. The molecular formula is C31H39N3O4. The van der Waals surface area contributed by atoms with Gasteiger partial charge in [-0.15, -0.1) is 0 Å². The molecule has 3 rings (SSSR count). The fourth-order valence-corrected chi connectivity index (χ4v) is 4.57. The second-order valence-electron chi connectivity index (χ2n) is 10.7. The zero-order chi connectivity index (χ0) is 28.0. The number of nitrogens with one attached hydrogen (secondary N) is 2. The van der Waals surface area contributed by atoms with Gasteiger partial charge in [-0.25, -0.2) is 4.79 Å². The molecule has 0 aliphatic carbocycles. The Morgan fingerprint density at radius 2 is 1.55 bits per heavy atom. The SMILES string of the molecule is CCCN(C(=O)C(C)NC(=O)OC(C)(C)C)C(C(=O)Nc1ccc2ccccc2c1)c1c(C)cccc1C. The summed E-state index contributed by atoms with van der Waals surface area (Å²) in [6.07, 6.45) is -0.0469. The highest BCUT2D eigenvalue weighted by atomic mass is 16.6. The maximum absolute atomic E-state index is 14.0. The molecule has 0 radical (unpaired) electrons. The summed E-state index contributed by atoms with van der Waals surface area (Å²) in [6.45, 7) is 13.1. The predicted molar refractivity (Wildman–Crippen MR) is 152 cm³/mol. The largest absolute Gasteiger partial charge is 0.444 e. The summed E-state index contributed by atoms with van der Waals surface area (Å²) < 4.78 is 5.34. The third kappa shape index (κ3) is 7.12. The molecule has 3 aromatic rings. The van der Waals surface area contributed by atoms with Gasteiger partial charge in [-0.3, -0.25) is 9.59 Å². The number of ether oxygens (including phenoxy) is 1. The Kier molecular flexibility index (Phi) is 9.15. The molecule has 0 spiro atoms. The smallest absolute Gasteiger partial charge is 0.408 e. The number of anilines is 1. The molecule has 0 aliphatic heterocycles. The molecule has 2 atom stereocenters. The first-order valence-electron chi connectivity index (χ1n) is 13.1. The Bertz CT molecular complexity index is 1290. The summed E-state index contributed by atoms with van der Waals surface area (Å²) in [5.41, 5.74) is 2.54. The lowest BCUT2D eigenvalue weighted by Gasteiger charge is -2.35. The van der Waals surface area contributed by atoms with Crippen molar-refractivity contribution in [2.75, 3.05) is 11.9 Å². The van der Waals surface area contributed by atoms with Crippen LogP contribution in [0.2, 0.25) is 0 Å². The van der Waals surface area contributed by atoms with E-state index in [2.05, 4.69) is 10.6 Å². The van der Waals surface area contributed by atoms with Crippen LogP contribution in [0.5, 0.6) is 0 Å². The van der Waals surface area contributed by atoms with Crippen LogP contribution in [0.4, 0.5) is 10.5 Å². The van der Waals surface area contributed by atoms with E-state index < -0.39 is 23.8 Å². The summed E-state index contributed by atoms with van der Waals surface area (Å²) in [7, 11) is 0. The molecule has 0 saturated carbocycles. The number of hydrogen-bond donors (Lipinski definition) is 2. The van der Waals surface area contributed by atoms with Crippen LogP contribution in [0.3, 0.4) is 0 Å². The minimum Gasteiger partial charge on any atom is -0.444 e.